The van der Waals surface area contributed by atoms with Gasteiger partial charge in [0, 0.05) is 43.7 Å². The summed E-state index contributed by atoms with van der Waals surface area (Å²) >= 11 is 0. The van der Waals surface area contributed by atoms with Gasteiger partial charge in [0.15, 0.2) is 0 Å². The lowest BCUT2D eigenvalue weighted by atomic mass is 9.78. The fraction of sp³-hybridized carbons (Fsp3) is 0.0588. The summed E-state index contributed by atoms with van der Waals surface area (Å²) in [6.07, 6.45) is 0. The maximum atomic E-state index is 2.45. The Balaban J connectivity index is 0.000000135. The molecule has 18 aromatic carbocycles. The lowest BCUT2D eigenvalue weighted by Gasteiger charge is -2.25. The number of benzene rings is 18. The van der Waals surface area contributed by atoms with E-state index in [1.807, 2.05) is 0 Å². The van der Waals surface area contributed by atoms with Crippen LogP contribution < -0.4 is 0 Å². The van der Waals surface area contributed by atoms with Gasteiger partial charge in [-0.3, -0.25) is 0 Å². The van der Waals surface area contributed by atoms with Gasteiger partial charge in [0.25, 0.3) is 0 Å². The average molecular weight is 1320 g/mol. The highest BCUT2D eigenvalue weighted by molar-refractivity contribution is 6.12. The zero-order valence-corrected chi connectivity index (χ0v) is 58.4. The van der Waals surface area contributed by atoms with Crippen LogP contribution in [0.5, 0.6) is 0 Å². The second-order valence-corrected chi connectivity index (χ2v) is 29.9. The Morgan fingerprint density at radius 2 is 0.519 bits per heavy atom. The van der Waals surface area contributed by atoms with Crippen LogP contribution in [0.2, 0.25) is 0 Å². The first-order valence-corrected chi connectivity index (χ1v) is 36.5. The second kappa shape index (κ2) is 22.8. The van der Waals surface area contributed by atoms with Gasteiger partial charge in [-0.15, -0.1) is 0 Å². The minimum atomic E-state index is -0.132. The third kappa shape index (κ3) is 9.21. The van der Waals surface area contributed by atoms with E-state index in [1.165, 1.54) is 197 Å². The maximum Gasteiger partial charge on any atom is 0.0541 e. The summed E-state index contributed by atoms with van der Waals surface area (Å²) in [5.74, 6) is 0. The number of aromatic nitrogens is 2. The minimum absolute atomic E-state index is 0.0893. The average Bonchev–Trinajstić information content (AvgIpc) is 1.55. The van der Waals surface area contributed by atoms with Gasteiger partial charge < -0.3 is 9.13 Å². The van der Waals surface area contributed by atoms with E-state index in [-0.39, 0.29) is 10.8 Å². The van der Waals surface area contributed by atoms with Gasteiger partial charge in [-0.05, 0) is 245 Å². The molecule has 2 aliphatic rings. The van der Waals surface area contributed by atoms with E-state index < -0.39 is 0 Å². The molecular formula is C102H70N2. The Morgan fingerprint density at radius 1 is 0.183 bits per heavy atom. The summed E-state index contributed by atoms with van der Waals surface area (Å²) in [5, 5.41) is 20.6. The molecule has 488 valence electrons. The van der Waals surface area contributed by atoms with E-state index in [9.17, 15) is 0 Å². The molecule has 104 heavy (non-hydrogen) atoms. The molecule has 2 aromatic heterocycles. The van der Waals surface area contributed by atoms with Crippen molar-refractivity contribution in [3.8, 4) is 78.1 Å². The SMILES string of the molecule is CC1(C)c2c(ccc3ccccc23)-c2ccc3cc(-c4cc(-n5c6ccccc6c6ccccc65)cc(-n5c6ccccc6c6ccccc65)c4)ccc3c21.CC1(C)c2cc3ccccc3cc2-c2ccc3ccc(-c4cccc(-c5ccc6cc(-c7ccc8ccccc8c7)ccc6c5)c4)cc3c21. The third-order valence-corrected chi connectivity index (χ3v) is 23.3. The zero-order valence-electron chi connectivity index (χ0n) is 58.4. The Bertz CT molecular complexity index is 6810. The molecule has 2 heterocycles. The van der Waals surface area contributed by atoms with Gasteiger partial charge in [-0.1, -0.05) is 289 Å². The van der Waals surface area contributed by atoms with Crippen molar-refractivity contribution in [3.05, 3.63) is 374 Å². The van der Waals surface area contributed by atoms with Crippen LogP contribution in [0.1, 0.15) is 49.9 Å². The Kier molecular flexibility index (Phi) is 13.1. The van der Waals surface area contributed by atoms with Gasteiger partial charge in [-0.2, -0.15) is 0 Å². The molecule has 0 saturated carbocycles. The quantitative estimate of drug-likeness (QED) is 0.157. The second-order valence-electron chi connectivity index (χ2n) is 29.9. The van der Waals surface area contributed by atoms with E-state index >= 15 is 0 Å². The normalized spacial score (nSPS) is 13.3. The highest BCUT2D eigenvalue weighted by Crippen LogP contribution is 2.56. The highest BCUT2D eigenvalue weighted by Gasteiger charge is 2.39. The van der Waals surface area contributed by atoms with Crippen LogP contribution >= 0.6 is 0 Å². The molecule has 2 aliphatic carbocycles. The lowest BCUT2D eigenvalue weighted by Crippen LogP contribution is -2.16. The molecule has 20 aromatic rings. The summed E-state index contributed by atoms with van der Waals surface area (Å²) in [5.41, 5.74) is 27.9. The summed E-state index contributed by atoms with van der Waals surface area (Å²) < 4.78 is 4.90. The number of rotatable bonds is 6. The summed E-state index contributed by atoms with van der Waals surface area (Å²) in [7, 11) is 0. The number of para-hydroxylation sites is 4. The zero-order chi connectivity index (χ0) is 69.1. The Hall–Kier alpha value is -12.9. The third-order valence-electron chi connectivity index (χ3n) is 23.3. The topological polar surface area (TPSA) is 9.86 Å². The van der Waals surface area contributed by atoms with Crippen LogP contribution in [0.4, 0.5) is 0 Å². The van der Waals surface area contributed by atoms with E-state index in [0.717, 1.165) is 11.4 Å². The molecule has 0 radical (unpaired) electrons. The largest absolute Gasteiger partial charge is 0.309 e. The van der Waals surface area contributed by atoms with Crippen LogP contribution in [0.3, 0.4) is 0 Å². The molecule has 0 spiro atoms. The van der Waals surface area contributed by atoms with Crippen molar-refractivity contribution in [1.82, 2.24) is 9.13 Å². The monoisotopic (exact) mass is 1320 g/mol. The molecule has 0 saturated heterocycles. The molecule has 0 amide bonds. The molecule has 0 unspecified atom stereocenters. The first kappa shape index (κ1) is 59.9. The van der Waals surface area contributed by atoms with E-state index in [1.54, 1.807) is 0 Å². The van der Waals surface area contributed by atoms with Crippen LogP contribution in [-0.2, 0) is 10.8 Å². The molecule has 0 fully saturated rings. The van der Waals surface area contributed by atoms with Gasteiger partial charge in [0.1, 0.15) is 0 Å². The number of hydrogen-bond acceptors (Lipinski definition) is 0. The fourth-order valence-electron chi connectivity index (χ4n) is 18.5. The van der Waals surface area contributed by atoms with Crippen LogP contribution in [0.25, 0.3) is 186 Å². The van der Waals surface area contributed by atoms with Crippen molar-refractivity contribution in [2.24, 2.45) is 0 Å². The van der Waals surface area contributed by atoms with Crippen molar-refractivity contribution in [3.63, 3.8) is 0 Å². The van der Waals surface area contributed by atoms with Gasteiger partial charge in [-0.25, -0.2) is 0 Å². The minimum Gasteiger partial charge on any atom is -0.309 e. The van der Waals surface area contributed by atoms with Gasteiger partial charge >= 0.3 is 0 Å². The smallest absolute Gasteiger partial charge is 0.0541 e. The maximum absolute atomic E-state index is 2.45. The summed E-state index contributed by atoms with van der Waals surface area (Å²) in [6, 6.07) is 131. The molecule has 2 heteroatoms. The lowest BCUT2D eigenvalue weighted by molar-refractivity contribution is 0.667. The van der Waals surface area contributed by atoms with Crippen molar-refractivity contribution in [2.75, 3.05) is 0 Å². The predicted molar refractivity (Wildman–Crippen MR) is 443 cm³/mol. The summed E-state index contributed by atoms with van der Waals surface area (Å²) in [4.78, 5) is 0. The molecule has 0 bridgehead atoms. The molecule has 22 rings (SSSR count). The van der Waals surface area contributed by atoms with Crippen LogP contribution in [0, 0.1) is 0 Å². The molecule has 2 nitrogen and oxygen atoms in total. The number of hydrogen-bond donors (Lipinski definition) is 0. The molecule has 0 aliphatic heterocycles. The van der Waals surface area contributed by atoms with Crippen molar-refractivity contribution < 1.29 is 0 Å². The fourth-order valence-corrected chi connectivity index (χ4v) is 18.5. The van der Waals surface area contributed by atoms with E-state index in [2.05, 4.69) is 389 Å². The van der Waals surface area contributed by atoms with Crippen molar-refractivity contribution >= 4 is 108 Å². The van der Waals surface area contributed by atoms with E-state index in [4.69, 9.17) is 0 Å². The van der Waals surface area contributed by atoms with Gasteiger partial charge in [0.2, 0.25) is 0 Å². The Morgan fingerprint density at radius 3 is 1.06 bits per heavy atom. The standard InChI is InChI=1S/C53H36N2.C49H34/c1-53(2)51-39-14-4-3-13-33(39)23-27-45(51)46-28-25-35-29-34(24-26-40(35)52(46)53)36-30-37(54-47-19-9-5-15-41(47)42-16-6-10-20-48(42)54)32-38(31-36)55-49-21-11-7-17-43(49)44-18-8-12-22-50(44)55;1-49(2)47-30-37-11-6-5-10-36(37)29-46(47)44-23-22-32-15-17-43(28-45(32)48(44)49)35-13-7-12-34(25-35)38-18-19-42-27-41(21-20-40(42)26-38)39-16-14-31-8-3-4-9-33(31)24-39/h3-32H,1-2H3;3-30H,1-2H3. The van der Waals surface area contributed by atoms with Crippen molar-refractivity contribution in [2.45, 2.75) is 38.5 Å². The van der Waals surface area contributed by atoms with Crippen LogP contribution in [0.15, 0.2) is 352 Å². The first-order chi connectivity index (χ1) is 51.0. The van der Waals surface area contributed by atoms with Crippen molar-refractivity contribution in [1.29, 1.82) is 0 Å². The van der Waals surface area contributed by atoms with Gasteiger partial charge in [0.05, 0.1) is 22.1 Å². The molecular weight excluding hydrogens is 1250 g/mol. The number of fused-ring (bicyclic) bond motifs is 21. The predicted octanol–water partition coefficient (Wildman–Crippen LogP) is 27.8. The summed E-state index contributed by atoms with van der Waals surface area (Å²) in [6.45, 7) is 9.60. The number of nitrogens with zero attached hydrogens (tertiary/aromatic N) is 2. The first-order valence-electron chi connectivity index (χ1n) is 36.5. The molecule has 0 N–H and O–H groups in total. The molecule has 0 atom stereocenters. The van der Waals surface area contributed by atoms with Crippen LogP contribution in [-0.4, -0.2) is 9.13 Å². The van der Waals surface area contributed by atoms with E-state index in [0.29, 0.717) is 0 Å². The Labute approximate surface area is 604 Å². The highest BCUT2D eigenvalue weighted by atomic mass is 15.0.